The van der Waals surface area contributed by atoms with Gasteiger partial charge in [-0.2, -0.15) is 0 Å². The summed E-state index contributed by atoms with van der Waals surface area (Å²) in [5.74, 6) is 0.857. The van der Waals surface area contributed by atoms with E-state index in [1.165, 1.54) is 0 Å². The Morgan fingerprint density at radius 2 is 2.00 bits per heavy atom. The van der Waals surface area contributed by atoms with Crippen molar-refractivity contribution in [2.45, 2.75) is 6.54 Å². The van der Waals surface area contributed by atoms with Crippen LogP contribution in [0.1, 0.15) is 15.9 Å². The lowest BCUT2D eigenvalue weighted by atomic mass is 10.0. The molecule has 1 heterocycles. The summed E-state index contributed by atoms with van der Waals surface area (Å²) in [6.07, 6.45) is 0. The van der Waals surface area contributed by atoms with Crippen LogP contribution in [0.4, 0.5) is 0 Å². The molecule has 1 aliphatic rings. The van der Waals surface area contributed by atoms with E-state index in [-0.39, 0.29) is 5.91 Å². The van der Waals surface area contributed by atoms with Gasteiger partial charge in [-0.3, -0.25) is 4.79 Å². The van der Waals surface area contributed by atoms with Crippen molar-refractivity contribution < 1.29 is 14.3 Å². The van der Waals surface area contributed by atoms with Gasteiger partial charge in [-0.25, -0.2) is 0 Å². The highest BCUT2D eigenvalue weighted by Crippen LogP contribution is 2.27. The summed E-state index contributed by atoms with van der Waals surface area (Å²) in [6, 6.07) is 13.8. The minimum Gasteiger partial charge on any atom is -0.492 e. The number of hydrogen-bond acceptors (Lipinski definition) is 4. The molecular formula is C19H22N2O3. The maximum atomic E-state index is 12.0. The predicted octanol–water partition coefficient (Wildman–Crippen LogP) is 2.21. The Kier molecular flexibility index (Phi) is 5.46. The van der Waals surface area contributed by atoms with Crippen molar-refractivity contribution in [3.8, 4) is 16.9 Å². The van der Waals surface area contributed by atoms with Crippen molar-refractivity contribution in [3.63, 3.8) is 0 Å². The van der Waals surface area contributed by atoms with Gasteiger partial charge in [0.15, 0.2) is 0 Å². The van der Waals surface area contributed by atoms with E-state index < -0.39 is 0 Å². The molecular weight excluding hydrogens is 304 g/mol. The predicted molar refractivity (Wildman–Crippen MR) is 93.3 cm³/mol. The molecule has 2 N–H and O–H groups in total. The molecule has 0 bridgehead atoms. The molecule has 5 nitrogen and oxygen atoms in total. The molecule has 0 saturated heterocycles. The molecule has 0 atom stereocenters. The number of amides is 1. The Bertz CT molecular complexity index is 698. The summed E-state index contributed by atoms with van der Waals surface area (Å²) in [6.45, 7) is 3.38. The summed E-state index contributed by atoms with van der Waals surface area (Å²) in [5, 5.41) is 6.16. The monoisotopic (exact) mass is 326 g/mol. The molecule has 1 aliphatic heterocycles. The lowest BCUT2D eigenvalue weighted by molar-refractivity contribution is 0.0937. The fraction of sp³-hybridized carbons (Fsp3) is 0.316. The van der Waals surface area contributed by atoms with Gasteiger partial charge in [0, 0.05) is 37.9 Å². The zero-order valence-electron chi connectivity index (χ0n) is 13.8. The van der Waals surface area contributed by atoms with Crippen LogP contribution in [0.15, 0.2) is 42.5 Å². The first-order chi connectivity index (χ1) is 11.8. The van der Waals surface area contributed by atoms with Crippen molar-refractivity contribution in [2.24, 2.45) is 0 Å². The van der Waals surface area contributed by atoms with Crippen molar-refractivity contribution in [3.05, 3.63) is 53.6 Å². The van der Waals surface area contributed by atoms with Gasteiger partial charge in [-0.15, -0.1) is 0 Å². The Hall–Kier alpha value is -2.37. The van der Waals surface area contributed by atoms with Crippen molar-refractivity contribution in [2.75, 3.05) is 33.4 Å². The van der Waals surface area contributed by atoms with Crippen molar-refractivity contribution in [1.29, 1.82) is 0 Å². The first-order valence-corrected chi connectivity index (χ1v) is 8.12. The third-order valence-corrected chi connectivity index (χ3v) is 3.98. The van der Waals surface area contributed by atoms with Crippen LogP contribution in [0.3, 0.4) is 0 Å². The Morgan fingerprint density at radius 1 is 1.21 bits per heavy atom. The van der Waals surface area contributed by atoms with Crippen molar-refractivity contribution in [1.82, 2.24) is 10.6 Å². The minimum atomic E-state index is -0.0851. The maximum absolute atomic E-state index is 12.0. The van der Waals surface area contributed by atoms with Crippen LogP contribution >= 0.6 is 0 Å². The molecule has 1 amide bonds. The number of fused-ring (bicyclic) bond motifs is 1. The van der Waals surface area contributed by atoms with E-state index in [1.807, 2.05) is 30.3 Å². The largest absolute Gasteiger partial charge is 0.492 e. The van der Waals surface area contributed by atoms with Crippen LogP contribution in [-0.4, -0.2) is 39.3 Å². The number of ether oxygens (including phenoxy) is 2. The molecule has 0 unspecified atom stereocenters. The van der Waals surface area contributed by atoms with E-state index in [1.54, 1.807) is 7.11 Å². The molecule has 0 aromatic heterocycles. The fourth-order valence-corrected chi connectivity index (χ4v) is 2.68. The molecule has 0 saturated carbocycles. The molecule has 0 aliphatic carbocycles. The standard InChI is InChI=1S/C19H22N2O3/c1-23-10-9-21-19(22)15-4-2-14(3-5-15)16-6-7-18-17(12-16)13-20-8-11-24-18/h2-7,12,20H,8-11,13H2,1H3,(H,21,22). The highest BCUT2D eigenvalue weighted by Gasteiger charge is 2.10. The minimum absolute atomic E-state index is 0.0851. The van der Waals surface area contributed by atoms with Gasteiger partial charge in [0.1, 0.15) is 12.4 Å². The van der Waals surface area contributed by atoms with Gasteiger partial charge < -0.3 is 20.1 Å². The summed E-state index contributed by atoms with van der Waals surface area (Å²) >= 11 is 0. The molecule has 126 valence electrons. The quantitative estimate of drug-likeness (QED) is 0.827. The molecule has 2 aromatic carbocycles. The zero-order chi connectivity index (χ0) is 16.8. The number of nitrogens with one attached hydrogen (secondary N) is 2. The molecule has 2 aromatic rings. The second-order valence-electron chi connectivity index (χ2n) is 5.67. The second kappa shape index (κ2) is 7.95. The van der Waals surface area contributed by atoms with E-state index >= 15 is 0 Å². The summed E-state index contributed by atoms with van der Waals surface area (Å²) in [4.78, 5) is 12.0. The summed E-state index contributed by atoms with van der Waals surface area (Å²) in [5.41, 5.74) is 4.00. The third-order valence-electron chi connectivity index (χ3n) is 3.98. The van der Waals surface area contributed by atoms with Gasteiger partial charge in [0.05, 0.1) is 6.61 Å². The van der Waals surface area contributed by atoms with Crippen LogP contribution in [0.2, 0.25) is 0 Å². The van der Waals surface area contributed by atoms with E-state index in [9.17, 15) is 4.79 Å². The molecule has 24 heavy (non-hydrogen) atoms. The van der Waals surface area contributed by atoms with Crippen LogP contribution < -0.4 is 15.4 Å². The third kappa shape index (κ3) is 3.93. The van der Waals surface area contributed by atoms with Crippen LogP contribution in [0.25, 0.3) is 11.1 Å². The van der Waals surface area contributed by atoms with Gasteiger partial charge >= 0.3 is 0 Å². The zero-order valence-corrected chi connectivity index (χ0v) is 13.8. The number of carbonyl (C=O) groups excluding carboxylic acids is 1. The first-order valence-electron chi connectivity index (χ1n) is 8.12. The highest BCUT2D eigenvalue weighted by molar-refractivity contribution is 5.94. The second-order valence-corrected chi connectivity index (χ2v) is 5.67. The average molecular weight is 326 g/mol. The maximum Gasteiger partial charge on any atom is 0.251 e. The summed E-state index contributed by atoms with van der Waals surface area (Å²) < 4.78 is 10.6. The molecule has 3 rings (SSSR count). The van der Waals surface area contributed by atoms with Crippen LogP contribution in [0, 0.1) is 0 Å². The van der Waals surface area contributed by atoms with E-state index in [2.05, 4.69) is 22.8 Å². The number of hydrogen-bond donors (Lipinski definition) is 2. The summed E-state index contributed by atoms with van der Waals surface area (Å²) in [7, 11) is 1.61. The van der Waals surface area contributed by atoms with Gasteiger partial charge in [0.2, 0.25) is 0 Å². The van der Waals surface area contributed by atoms with Gasteiger partial charge in [-0.1, -0.05) is 18.2 Å². The molecule has 5 heteroatoms. The van der Waals surface area contributed by atoms with Gasteiger partial charge in [-0.05, 0) is 35.4 Å². The van der Waals surface area contributed by atoms with Crippen LogP contribution in [-0.2, 0) is 11.3 Å². The van der Waals surface area contributed by atoms with E-state index in [4.69, 9.17) is 9.47 Å². The first kappa shape index (κ1) is 16.5. The van der Waals surface area contributed by atoms with Gasteiger partial charge in [0.25, 0.3) is 5.91 Å². The Labute approximate surface area is 142 Å². The van der Waals surface area contributed by atoms with E-state index in [0.29, 0.717) is 25.3 Å². The number of benzene rings is 2. The lowest BCUT2D eigenvalue weighted by Gasteiger charge is -2.10. The number of rotatable bonds is 5. The fourth-order valence-electron chi connectivity index (χ4n) is 2.68. The SMILES string of the molecule is COCCNC(=O)c1ccc(-c2ccc3c(c2)CNCCO3)cc1. The molecule has 0 radical (unpaired) electrons. The number of carbonyl (C=O) groups is 1. The molecule has 0 fully saturated rings. The Morgan fingerprint density at radius 3 is 2.79 bits per heavy atom. The highest BCUT2D eigenvalue weighted by atomic mass is 16.5. The number of methoxy groups -OCH3 is 1. The normalized spacial score (nSPS) is 13.5. The van der Waals surface area contributed by atoms with Crippen LogP contribution in [0.5, 0.6) is 5.75 Å². The average Bonchev–Trinajstić information content (AvgIpc) is 2.86. The molecule has 0 spiro atoms. The smallest absolute Gasteiger partial charge is 0.251 e. The lowest BCUT2D eigenvalue weighted by Crippen LogP contribution is -2.26. The Balaban J connectivity index is 1.73. The van der Waals surface area contributed by atoms with Crippen molar-refractivity contribution >= 4 is 5.91 Å². The van der Waals surface area contributed by atoms with E-state index in [0.717, 1.165) is 35.5 Å². The topological polar surface area (TPSA) is 59.6 Å².